The lowest BCUT2D eigenvalue weighted by molar-refractivity contribution is 0.373. The number of nitrogens with zero attached hydrogens (tertiary/aromatic N) is 1. The minimum Gasteiger partial charge on any atom is -0.504 e. The van der Waals surface area contributed by atoms with E-state index in [9.17, 15) is 5.11 Å². The smallest absolute Gasteiger partial charge is 0.168 e. The molecule has 0 bridgehead atoms. The van der Waals surface area contributed by atoms with Crippen molar-refractivity contribution in [3.05, 3.63) is 23.9 Å². The number of phenolic OH excluding ortho intramolecular Hbond substituents is 1. The van der Waals surface area contributed by atoms with Gasteiger partial charge in [0.25, 0.3) is 0 Å². The predicted octanol–water partition coefficient (Wildman–Crippen LogP) is 2.67. The Bertz CT molecular complexity index is 597. The van der Waals surface area contributed by atoms with Crippen LogP contribution >= 0.6 is 0 Å². The molecule has 0 saturated heterocycles. The highest BCUT2D eigenvalue weighted by atomic mass is 16.5. The van der Waals surface area contributed by atoms with Crippen LogP contribution in [0.4, 0.5) is 5.82 Å². The number of aromatic nitrogens is 2. The molecule has 1 aromatic carbocycles. The van der Waals surface area contributed by atoms with Gasteiger partial charge in [-0.3, -0.25) is 5.10 Å². The second-order valence-electron chi connectivity index (χ2n) is 5.52. The summed E-state index contributed by atoms with van der Waals surface area (Å²) in [4.78, 5) is 0. The van der Waals surface area contributed by atoms with E-state index >= 15 is 0 Å². The molecular weight excluding hydrogens is 242 g/mol. The van der Waals surface area contributed by atoms with Gasteiger partial charge in [0.15, 0.2) is 11.5 Å². The highest BCUT2D eigenvalue weighted by Crippen LogP contribution is 2.42. The first-order valence-corrected chi connectivity index (χ1v) is 6.05. The number of H-pyrrole nitrogens is 1. The number of rotatable bonds is 2. The summed E-state index contributed by atoms with van der Waals surface area (Å²) >= 11 is 0. The second-order valence-corrected chi connectivity index (χ2v) is 5.52. The first-order valence-electron chi connectivity index (χ1n) is 6.05. The van der Waals surface area contributed by atoms with Gasteiger partial charge in [-0.2, -0.15) is 5.10 Å². The maximum absolute atomic E-state index is 10.1. The SMILES string of the molecule is COc1c(O)cc(C(C)(C)C)cc1-c1cn[nH]c1N. The van der Waals surface area contributed by atoms with Gasteiger partial charge in [-0.05, 0) is 23.1 Å². The molecule has 102 valence electrons. The molecule has 4 N–H and O–H groups in total. The number of aromatic hydroxyl groups is 1. The number of hydrogen-bond donors (Lipinski definition) is 3. The first-order chi connectivity index (χ1) is 8.84. The molecule has 0 spiro atoms. The average molecular weight is 261 g/mol. The molecule has 0 radical (unpaired) electrons. The molecule has 2 rings (SSSR count). The minimum atomic E-state index is -0.0863. The number of methoxy groups -OCH3 is 1. The van der Waals surface area contributed by atoms with Gasteiger partial charge in [-0.15, -0.1) is 0 Å². The number of benzene rings is 1. The number of nitrogens with two attached hydrogens (primary N) is 1. The van der Waals surface area contributed by atoms with E-state index in [-0.39, 0.29) is 11.2 Å². The van der Waals surface area contributed by atoms with Crippen molar-refractivity contribution in [3.63, 3.8) is 0 Å². The number of hydrogen-bond acceptors (Lipinski definition) is 4. The number of nitrogen functional groups attached to an aromatic ring is 1. The molecule has 0 saturated carbocycles. The van der Waals surface area contributed by atoms with Crippen molar-refractivity contribution in [1.82, 2.24) is 10.2 Å². The largest absolute Gasteiger partial charge is 0.504 e. The third kappa shape index (κ3) is 2.36. The van der Waals surface area contributed by atoms with Crippen molar-refractivity contribution >= 4 is 5.82 Å². The van der Waals surface area contributed by atoms with Crippen LogP contribution in [0.15, 0.2) is 18.3 Å². The van der Waals surface area contributed by atoms with E-state index in [1.807, 2.05) is 6.07 Å². The molecule has 0 aliphatic heterocycles. The highest BCUT2D eigenvalue weighted by molar-refractivity contribution is 5.80. The standard InChI is InChI=1S/C14H19N3O2/c1-14(2,3)8-5-9(10-7-16-17-13(10)15)12(19-4)11(18)6-8/h5-7,18H,1-4H3,(H3,15,16,17). The molecule has 0 fully saturated rings. The quantitative estimate of drug-likeness (QED) is 0.776. The summed E-state index contributed by atoms with van der Waals surface area (Å²) < 4.78 is 5.28. The summed E-state index contributed by atoms with van der Waals surface area (Å²) in [5.74, 6) is 0.954. The summed E-state index contributed by atoms with van der Waals surface area (Å²) in [6.45, 7) is 6.24. The fraction of sp³-hybridized carbons (Fsp3) is 0.357. The summed E-state index contributed by atoms with van der Waals surface area (Å²) in [6, 6.07) is 3.69. The van der Waals surface area contributed by atoms with Crippen LogP contribution in [0.5, 0.6) is 11.5 Å². The number of ether oxygens (including phenoxy) is 1. The molecule has 0 unspecified atom stereocenters. The highest BCUT2D eigenvalue weighted by Gasteiger charge is 2.21. The van der Waals surface area contributed by atoms with Crippen LogP contribution in [0, 0.1) is 0 Å². The van der Waals surface area contributed by atoms with E-state index in [0.717, 1.165) is 16.7 Å². The minimum absolute atomic E-state index is 0.0863. The Morgan fingerprint density at radius 1 is 1.26 bits per heavy atom. The van der Waals surface area contributed by atoms with E-state index in [2.05, 4.69) is 31.0 Å². The molecule has 0 aliphatic rings. The van der Waals surface area contributed by atoms with Gasteiger partial charge in [0, 0.05) is 11.1 Å². The number of phenols is 1. The molecule has 0 amide bonds. The van der Waals surface area contributed by atoms with Crippen LogP contribution in [0.3, 0.4) is 0 Å². The van der Waals surface area contributed by atoms with Crippen LogP contribution in [0.2, 0.25) is 0 Å². The van der Waals surface area contributed by atoms with Crippen molar-refractivity contribution in [2.45, 2.75) is 26.2 Å². The molecule has 19 heavy (non-hydrogen) atoms. The predicted molar refractivity (Wildman–Crippen MR) is 75.4 cm³/mol. The summed E-state index contributed by atoms with van der Waals surface area (Å²) in [6.07, 6.45) is 1.62. The zero-order chi connectivity index (χ0) is 14.2. The lowest BCUT2D eigenvalue weighted by atomic mass is 9.85. The lowest BCUT2D eigenvalue weighted by Crippen LogP contribution is -2.11. The average Bonchev–Trinajstić information content (AvgIpc) is 2.73. The second kappa shape index (κ2) is 4.50. The Morgan fingerprint density at radius 2 is 1.95 bits per heavy atom. The van der Waals surface area contributed by atoms with Gasteiger partial charge in [-0.25, -0.2) is 0 Å². The molecule has 5 nitrogen and oxygen atoms in total. The van der Waals surface area contributed by atoms with Crippen molar-refractivity contribution in [3.8, 4) is 22.6 Å². The molecule has 0 aliphatic carbocycles. The normalized spacial score (nSPS) is 11.6. The summed E-state index contributed by atoms with van der Waals surface area (Å²) in [5.41, 5.74) is 8.22. The molecule has 0 atom stereocenters. The van der Waals surface area contributed by atoms with E-state index in [1.54, 1.807) is 12.3 Å². The third-order valence-electron chi connectivity index (χ3n) is 3.10. The van der Waals surface area contributed by atoms with Crippen LogP contribution in [0.25, 0.3) is 11.1 Å². The molecular formula is C14H19N3O2. The Labute approximate surface area is 112 Å². The lowest BCUT2D eigenvalue weighted by Gasteiger charge is -2.21. The zero-order valence-corrected chi connectivity index (χ0v) is 11.6. The summed E-state index contributed by atoms with van der Waals surface area (Å²) in [5, 5.41) is 16.7. The Balaban J connectivity index is 2.71. The Kier molecular flexibility index (Phi) is 3.14. The monoisotopic (exact) mass is 261 g/mol. The van der Waals surface area contributed by atoms with Crippen LogP contribution in [-0.4, -0.2) is 22.4 Å². The van der Waals surface area contributed by atoms with Gasteiger partial charge in [-0.1, -0.05) is 20.8 Å². The fourth-order valence-corrected chi connectivity index (χ4v) is 1.97. The van der Waals surface area contributed by atoms with Crippen LogP contribution < -0.4 is 10.5 Å². The van der Waals surface area contributed by atoms with Crippen molar-refractivity contribution in [1.29, 1.82) is 0 Å². The number of aromatic amines is 1. The van der Waals surface area contributed by atoms with E-state index in [4.69, 9.17) is 10.5 Å². The Hall–Kier alpha value is -2.17. The van der Waals surface area contributed by atoms with Crippen LogP contribution in [-0.2, 0) is 5.41 Å². The van der Waals surface area contributed by atoms with Gasteiger partial charge in [0.2, 0.25) is 0 Å². The first kappa shape index (κ1) is 13.3. The number of anilines is 1. The molecule has 5 heteroatoms. The number of nitrogens with one attached hydrogen (secondary N) is 1. The van der Waals surface area contributed by atoms with Gasteiger partial charge >= 0.3 is 0 Å². The van der Waals surface area contributed by atoms with Crippen molar-refractivity contribution < 1.29 is 9.84 Å². The van der Waals surface area contributed by atoms with E-state index in [0.29, 0.717) is 11.6 Å². The van der Waals surface area contributed by atoms with Gasteiger partial charge in [0.1, 0.15) is 5.82 Å². The Morgan fingerprint density at radius 3 is 2.42 bits per heavy atom. The zero-order valence-electron chi connectivity index (χ0n) is 11.6. The van der Waals surface area contributed by atoms with E-state index < -0.39 is 0 Å². The molecule has 1 heterocycles. The van der Waals surface area contributed by atoms with Gasteiger partial charge < -0.3 is 15.6 Å². The molecule has 1 aromatic heterocycles. The molecule has 2 aromatic rings. The van der Waals surface area contributed by atoms with Crippen molar-refractivity contribution in [2.24, 2.45) is 0 Å². The maximum Gasteiger partial charge on any atom is 0.168 e. The maximum atomic E-state index is 10.1. The third-order valence-corrected chi connectivity index (χ3v) is 3.10. The van der Waals surface area contributed by atoms with E-state index in [1.165, 1.54) is 7.11 Å². The topological polar surface area (TPSA) is 84.2 Å². The summed E-state index contributed by atoms with van der Waals surface area (Å²) in [7, 11) is 1.52. The van der Waals surface area contributed by atoms with Crippen molar-refractivity contribution in [2.75, 3.05) is 12.8 Å². The van der Waals surface area contributed by atoms with Gasteiger partial charge in [0.05, 0.1) is 13.3 Å². The van der Waals surface area contributed by atoms with Crippen LogP contribution in [0.1, 0.15) is 26.3 Å². The fourth-order valence-electron chi connectivity index (χ4n) is 1.97.